The van der Waals surface area contributed by atoms with Crippen molar-refractivity contribution in [3.05, 3.63) is 45.5 Å². The van der Waals surface area contributed by atoms with E-state index in [2.05, 4.69) is 0 Å². The summed E-state index contributed by atoms with van der Waals surface area (Å²) in [5.74, 6) is -0.237. The van der Waals surface area contributed by atoms with Crippen LogP contribution in [0.15, 0.2) is 24.3 Å². The first-order valence-electron chi connectivity index (χ1n) is 5.42. The largest absolute Gasteiger partial charge is 0.300 e. The van der Waals surface area contributed by atoms with Crippen molar-refractivity contribution in [2.24, 2.45) is 0 Å². The molecule has 0 aliphatic heterocycles. The van der Waals surface area contributed by atoms with Gasteiger partial charge in [0.15, 0.2) is 0 Å². The van der Waals surface area contributed by atoms with Crippen LogP contribution in [-0.2, 0) is 4.79 Å². The first-order valence-corrected chi connectivity index (χ1v) is 5.42. The standard InChI is InChI=1S/C12H11NO3/c14-7-5-10-8-3-1-2-4-9(8)11(6-7)12(10)13(15)16/h1-4,10-12H,5-6H2/t10-,11+,12?. The fourth-order valence-corrected chi connectivity index (χ4v) is 3.16. The van der Waals surface area contributed by atoms with E-state index in [1.807, 2.05) is 24.3 Å². The summed E-state index contributed by atoms with van der Waals surface area (Å²) in [6, 6.07) is 7.04. The molecule has 1 aromatic rings. The summed E-state index contributed by atoms with van der Waals surface area (Å²) in [4.78, 5) is 22.4. The van der Waals surface area contributed by atoms with Crippen molar-refractivity contribution in [3.63, 3.8) is 0 Å². The van der Waals surface area contributed by atoms with Crippen molar-refractivity contribution in [2.45, 2.75) is 30.7 Å². The molecule has 1 fully saturated rings. The Morgan fingerprint density at radius 2 is 1.62 bits per heavy atom. The zero-order chi connectivity index (χ0) is 11.3. The van der Waals surface area contributed by atoms with E-state index in [-0.39, 0.29) is 22.5 Å². The Bertz CT molecular complexity index is 448. The van der Waals surface area contributed by atoms with Gasteiger partial charge in [0.25, 0.3) is 0 Å². The summed E-state index contributed by atoms with van der Waals surface area (Å²) < 4.78 is 0. The van der Waals surface area contributed by atoms with Crippen LogP contribution in [-0.4, -0.2) is 16.7 Å². The number of fused-ring (bicyclic) bond motifs is 5. The number of Topliss-reactive ketones (excluding diaryl/α,β-unsaturated/α-hetero) is 1. The molecule has 1 saturated carbocycles. The number of nitrogens with zero attached hydrogens (tertiary/aromatic N) is 1. The van der Waals surface area contributed by atoms with Gasteiger partial charge in [-0.05, 0) is 11.1 Å². The van der Waals surface area contributed by atoms with Gasteiger partial charge in [0.1, 0.15) is 5.78 Å². The number of rotatable bonds is 1. The van der Waals surface area contributed by atoms with Crippen LogP contribution in [0, 0.1) is 10.1 Å². The summed E-state index contributed by atoms with van der Waals surface area (Å²) >= 11 is 0. The number of hydrogen-bond acceptors (Lipinski definition) is 3. The molecule has 4 heteroatoms. The lowest BCUT2D eigenvalue weighted by Gasteiger charge is -2.22. The lowest BCUT2D eigenvalue weighted by atomic mass is 9.81. The zero-order valence-corrected chi connectivity index (χ0v) is 8.63. The first kappa shape index (κ1) is 9.51. The van der Waals surface area contributed by atoms with E-state index in [4.69, 9.17) is 0 Å². The minimum atomic E-state index is -0.588. The van der Waals surface area contributed by atoms with Gasteiger partial charge in [-0.25, -0.2) is 0 Å². The average molecular weight is 217 g/mol. The molecule has 16 heavy (non-hydrogen) atoms. The third-order valence-electron chi connectivity index (χ3n) is 3.76. The minimum absolute atomic E-state index is 0.157. The van der Waals surface area contributed by atoms with Crippen LogP contribution in [0.1, 0.15) is 35.8 Å². The number of nitro groups is 1. The molecule has 0 heterocycles. The van der Waals surface area contributed by atoms with Crippen LogP contribution in [0.3, 0.4) is 0 Å². The van der Waals surface area contributed by atoms with Crippen LogP contribution < -0.4 is 0 Å². The van der Waals surface area contributed by atoms with Crippen LogP contribution in [0.2, 0.25) is 0 Å². The van der Waals surface area contributed by atoms with Crippen molar-refractivity contribution >= 4 is 5.78 Å². The van der Waals surface area contributed by atoms with E-state index < -0.39 is 6.04 Å². The molecule has 3 atom stereocenters. The van der Waals surface area contributed by atoms with Gasteiger partial charge in [-0.15, -0.1) is 0 Å². The number of ketones is 1. The summed E-state index contributed by atoms with van der Waals surface area (Å²) in [5.41, 5.74) is 2.03. The van der Waals surface area contributed by atoms with Crippen LogP contribution in [0.5, 0.6) is 0 Å². The molecule has 2 bridgehead atoms. The summed E-state index contributed by atoms with van der Waals surface area (Å²) in [5, 5.41) is 11.1. The fraction of sp³-hybridized carbons (Fsp3) is 0.417. The normalized spacial score (nSPS) is 31.2. The van der Waals surface area contributed by atoms with E-state index in [0.29, 0.717) is 12.8 Å². The monoisotopic (exact) mass is 217 g/mol. The van der Waals surface area contributed by atoms with Crippen molar-refractivity contribution in [1.29, 1.82) is 0 Å². The lowest BCUT2D eigenvalue weighted by Crippen LogP contribution is -2.34. The molecule has 4 nitrogen and oxygen atoms in total. The number of carbonyl (C=O) groups excluding carboxylic acids is 1. The average Bonchev–Trinajstić information content (AvgIpc) is 2.47. The van der Waals surface area contributed by atoms with Crippen molar-refractivity contribution in [3.8, 4) is 0 Å². The lowest BCUT2D eigenvalue weighted by molar-refractivity contribution is -0.530. The second kappa shape index (κ2) is 3.14. The van der Waals surface area contributed by atoms with Gasteiger partial charge in [0.2, 0.25) is 6.04 Å². The minimum Gasteiger partial charge on any atom is -0.300 e. The van der Waals surface area contributed by atoms with Gasteiger partial charge in [-0.1, -0.05) is 24.3 Å². The van der Waals surface area contributed by atoms with Gasteiger partial charge in [0.05, 0.1) is 11.8 Å². The highest BCUT2D eigenvalue weighted by atomic mass is 16.6. The van der Waals surface area contributed by atoms with Crippen molar-refractivity contribution < 1.29 is 9.72 Å². The van der Waals surface area contributed by atoms with E-state index in [0.717, 1.165) is 11.1 Å². The molecule has 0 amide bonds. The molecule has 0 aromatic heterocycles. The molecule has 0 spiro atoms. The topological polar surface area (TPSA) is 60.2 Å². The number of carbonyl (C=O) groups is 1. The quantitative estimate of drug-likeness (QED) is 0.533. The highest BCUT2D eigenvalue weighted by Crippen LogP contribution is 2.50. The molecule has 0 saturated heterocycles. The van der Waals surface area contributed by atoms with Crippen molar-refractivity contribution in [2.75, 3.05) is 0 Å². The SMILES string of the molecule is O=C1C[C@@H]2c3ccccc3[C@H](C1)C2[N+](=O)[O-]. The maximum absolute atomic E-state index is 11.5. The Morgan fingerprint density at radius 3 is 2.06 bits per heavy atom. The third-order valence-corrected chi connectivity index (χ3v) is 3.76. The maximum atomic E-state index is 11.5. The second-order valence-corrected chi connectivity index (χ2v) is 4.56. The van der Waals surface area contributed by atoms with Crippen LogP contribution >= 0.6 is 0 Å². The van der Waals surface area contributed by atoms with Gasteiger partial charge in [-0.2, -0.15) is 0 Å². The van der Waals surface area contributed by atoms with Gasteiger partial charge in [0, 0.05) is 17.8 Å². The molecular weight excluding hydrogens is 206 g/mol. The molecule has 0 radical (unpaired) electrons. The number of hydrogen-bond donors (Lipinski definition) is 0. The summed E-state index contributed by atoms with van der Waals surface area (Å²) in [7, 11) is 0. The highest BCUT2D eigenvalue weighted by Gasteiger charge is 2.52. The molecular formula is C12H11NO3. The van der Waals surface area contributed by atoms with E-state index in [9.17, 15) is 14.9 Å². The van der Waals surface area contributed by atoms with E-state index >= 15 is 0 Å². The maximum Gasteiger partial charge on any atom is 0.227 e. The van der Waals surface area contributed by atoms with Gasteiger partial charge in [-0.3, -0.25) is 14.9 Å². The molecule has 1 aromatic carbocycles. The predicted octanol–water partition coefficient (Wildman–Crippen LogP) is 1.88. The Morgan fingerprint density at radius 1 is 1.12 bits per heavy atom. The van der Waals surface area contributed by atoms with Crippen molar-refractivity contribution in [1.82, 2.24) is 0 Å². The zero-order valence-electron chi connectivity index (χ0n) is 8.63. The fourth-order valence-electron chi connectivity index (χ4n) is 3.16. The molecule has 3 rings (SSSR count). The van der Waals surface area contributed by atoms with Crippen LogP contribution in [0.25, 0.3) is 0 Å². The first-order chi connectivity index (χ1) is 7.68. The smallest absolute Gasteiger partial charge is 0.227 e. The second-order valence-electron chi connectivity index (χ2n) is 4.56. The van der Waals surface area contributed by atoms with E-state index in [1.54, 1.807) is 0 Å². The Kier molecular flexibility index (Phi) is 1.87. The highest BCUT2D eigenvalue weighted by molar-refractivity contribution is 5.83. The Labute approximate surface area is 92.4 Å². The summed E-state index contributed by atoms with van der Waals surface area (Å²) in [6.07, 6.45) is 0.665. The number of benzene rings is 1. The molecule has 2 aliphatic rings. The summed E-state index contributed by atoms with van der Waals surface area (Å²) in [6.45, 7) is 0. The van der Waals surface area contributed by atoms with Crippen LogP contribution in [0.4, 0.5) is 0 Å². The van der Waals surface area contributed by atoms with Gasteiger partial charge < -0.3 is 0 Å². The molecule has 0 N–H and O–H groups in total. The third kappa shape index (κ3) is 1.13. The Hall–Kier alpha value is -1.71. The predicted molar refractivity (Wildman–Crippen MR) is 56.9 cm³/mol. The van der Waals surface area contributed by atoms with E-state index in [1.165, 1.54) is 0 Å². The molecule has 2 aliphatic carbocycles. The Balaban J connectivity index is 2.14. The molecule has 82 valence electrons. The van der Waals surface area contributed by atoms with Gasteiger partial charge >= 0.3 is 0 Å². The molecule has 1 unspecified atom stereocenters.